The third kappa shape index (κ3) is 2.45. The number of carbonyl (C=O) groups excluding carboxylic acids is 1. The first-order valence-electron chi connectivity index (χ1n) is 6.07. The Bertz CT molecular complexity index is 536. The van der Waals surface area contributed by atoms with Crippen molar-refractivity contribution in [2.45, 2.75) is 11.8 Å². The zero-order chi connectivity index (χ0) is 15.5. The fourth-order valence-electron chi connectivity index (χ4n) is 2.14. The van der Waals surface area contributed by atoms with Crippen LogP contribution in [0, 0.1) is 0 Å². The van der Waals surface area contributed by atoms with Gasteiger partial charge in [0.15, 0.2) is 0 Å². The zero-order valence-corrected chi connectivity index (χ0v) is 11.9. The maximum absolute atomic E-state index is 12.0. The van der Waals surface area contributed by atoms with Crippen molar-refractivity contribution in [3.05, 3.63) is 47.5 Å². The van der Waals surface area contributed by atoms with E-state index >= 15 is 0 Å². The van der Waals surface area contributed by atoms with E-state index < -0.39 is 17.7 Å². The monoisotopic (exact) mass is 296 g/mol. The summed E-state index contributed by atoms with van der Waals surface area (Å²) in [6.07, 6.45) is 1.25. The third-order valence-corrected chi connectivity index (χ3v) is 3.22. The summed E-state index contributed by atoms with van der Waals surface area (Å²) in [4.78, 5) is 16.5. The van der Waals surface area contributed by atoms with Gasteiger partial charge in [-0.05, 0) is 0 Å². The number of hydrogen-bond donors (Lipinski definition) is 1. The highest BCUT2D eigenvalue weighted by Crippen LogP contribution is 2.46. The molecule has 2 rings (SSSR count). The van der Waals surface area contributed by atoms with Gasteiger partial charge in [0.05, 0.1) is 7.11 Å². The van der Waals surface area contributed by atoms with Crippen LogP contribution in [0.3, 0.4) is 0 Å². The molecule has 1 aliphatic heterocycles. The number of carbonyl (C=O) groups is 1. The highest BCUT2D eigenvalue weighted by Gasteiger charge is 2.57. The predicted molar refractivity (Wildman–Crippen MR) is 69.8 cm³/mol. The van der Waals surface area contributed by atoms with Crippen LogP contribution in [0.4, 0.5) is 0 Å². The van der Waals surface area contributed by atoms with E-state index in [0.717, 1.165) is 0 Å². The first-order valence-corrected chi connectivity index (χ1v) is 6.07. The second kappa shape index (κ2) is 5.92. The summed E-state index contributed by atoms with van der Waals surface area (Å²) in [7, 11) is 3.86. The van der Waals surface area contributed by atoms with Crippen LogP contribution in [0.1, 0.15) is 5.56 Å². The molecule has 1 heterocycles. The molecule has 7 heteroatoms. The van der Waals surface area contributed by atoms with Crippen LogP contribution in [-0.2, 0) is 34.4 Å². The van der Waals surface area contributed by atoms with Crippen molar-refractivity contribution >= 4 is 5.97 Å². The molecule has 1 aromatic carbocycles. The summed E-state index contributed by atoms with van der Waals surface area (Å²) in [5.41, 5.74) is 0.280. The van der Waals surface area contributed by atoms with E-state index in [2.05, 4.69) is 4.89 Å². The molecule has 0 aliphatic carbocycles. The Morgan fingerprint density at radius 3 is 2.24 bits per heavy atom. The molecule has 0 saturated carbocycles. The average Bonchev–Trinajstić information content (AvgIpc) is 2.92. The van der Waals surface area contributed by atoms with Crippen LogP contribution < -0.4 is 0 Å². The third-order valence-electron chi connectivity index (χ3n) is 3.22. The summed E-state index contributed by atoms with van der Waals surface area (Å²) < 4.78 is 20.6. The fraction of sp³-hybridized carbons (Fsp3) is 0.357. The van der Waals surface area contributed by atoms with Crippen molar-refractivity contribution < 1.29 is 33.9 Å². The zero-order valence-electron chi connectivity index (χ0n) is 11.9. The first-order chi connectivity index (χ1) is 10.1. The van der Waals surface area contributed by atoms with Crippen molar-refractivity contribution in [2.24, 2.45) is 0 Å². The molecule has 0 saturated heterocycles. The molecule has 0 spiro atoms. The van der Waals surface area contributed by atoms with Crippen molar-refractivity contribution in [2.75, 3.05) is 21.3 Å². The van der Waals surface area contributed by atoms with Crippen LogP contribution in [-0.4, -0.2) is 38.5 Å². The molecular formula is C14H16O7. The van der Waals surface area contributed by atoms with Crippen molar-refractivity contribution in [3.8, 4) is 0 Å². The average molecular weight is 296 g/mol. The second-order valence-corrected chi connectivity index (χ2v) is 4.24. The van der Waals surface area contributed by atoms with Crippen LogP contribution in [0.2, 0.25) is 0 Å². The largest absolute Gasteiger partial charge is 0.465 e. The highest BCUT2D eigenvalue weighted by atomic mass is 17.2. The number of hydrogen-bond acceptors (Lipinski definition) is 7. The Hall–Kier alpha value is -1.77. The number of benzene rings is 1. The maximum atomic E-state index is 12.0. The van der Waals surface area contributed by atoms with Gasteiger partial charge >= 0.3 is 11.9 Å². The molecule has 1 aliphatic rings. The molecule has 7 nitrogen and oxygen atoms in total. The van der Waals surface area contributed by atoms with E-state index in [-0.39, 0.29) is 5.57 Å². The van der Waals surface area contributed by atoms with Crippen LogP contribution in [0.15, 0.2) is 42.0 Å². The van der Waals surface area contributed by atoms with Crippen molar-refractivity contribution in [3.63, 3.8) is 0 Å². The first kappa shape index (κ1) is 15.6. The van der Waals surface area contributed by atoms with E-state index in [1.807, 2.05) is 0 Å². The Kier molecular flexibility index (Phi) is 4.40. The maximum Gasteiger partial charge on any atom is 0.339 e. The number of rotatable bonds is 5. The van der Waals surface area contributed by atoms with Crippen molar-refractivity contribution in [1.29, 1.82) is 0 Å². The van der Waals surface area contributed by atoms with Gasteiger partial charge in [-0.3, -0.25) is 4.74 Å². The van der Waals surface area contributed by atoms with Gasteiger partial charge in [-0.15, -0.1) is 0 Å². The minimum atomic E-state index is -1.90. The molecule has 0 bridgehead atoms. The lowest BCUT2D eigenvalue weighted by atomic mass is 9.98. The van der Waals surface area contributed by atoms with E-state index in [0.29, 0.717) is 5.56 Å². The molecule has 1 aromatic rings. The molecule has 0 aromatic heterocycles. The van der Waals surface area contributed by atoms with Gasteiger partial charge in [-0.1, -0.05) is 30.3 Å². The molecule has 0 unspecified atom stereocenters. The van der Waals surface area contributed by atoms with E-state index in [9.17, 15) is 10.1 Å². The minimum Gasteiger partial charge on any atom is -0.465 e. The highest BCUT2D eigenvalue weighted by molar-refractivity contribution is 5.91. The Morgan fingerprint density at radius 1 is 1.14 bits per heavy atom. The Morgan fingerprint density at radius 2 is 1.76 bits per heavy atom. The quantitative estimate of drug-likeness (QED) is 0.380. The molecule has 21 heavy (non-hydrogen) atoms. The molecule has 0 radical (unpaired) electrons. The van der Waals surface area contributed by atoms with Crippen LogP contribution in [0.25, 0.3) is 0 Å². The van der Waals surface area contributed by atoms with Gasteiger partial charge in [0.1, 0.15) is 5.57 Å². The van der Waals surface area contributed by atoms with E-state index in [4.69, 9.17) is 18.9 Å². The van der Waals surface area contributed by atoms with E-state index in [1.165, 1.54) is 27.4 Å². The van der Waals surface area contributed by atoms with Crippen LogP contribution in [0.5, 0.6) is 0 Å². The topological polar surface area (TPSA) is 83.5 Å². The van der Waals surface area contributed by atoms with Gasteiger partial charge in [-0.2, -0.15) is 4.89 Å². The number of methoxy groups -OCH3 is 3. The fourth-order valence-corrected chi connectivity index (χ4v) is 2.14. The number of ether oxygens (including phenoxy) is 4. The lowest BCUT2D eigenvalue weighted by Crippen LogP contribution is -2.41. The molecule has 1 atom stereocenters. The lowest BCUT2D eigenvalue weighted by Gasteiger charge is -2.32. The van der Waals surface area contributed by atoms with Gasteiger partial charge in [0.25, 0.3) is 5.79 Å². The van der Waals surface area contributed by atoms with Crippen molar-refractivity contribution in [1.82, 2.24) is 0 Å². The van der Waals surface area contributed by atoms with Crippen LogP contribution >= 0.6 is 0 Å². The summed E-state index contributed by atoms with van der Waals surface area (Å²) in [5.74, 6) is -4.33. The SMILES string of the molecule is COC(=O)C1=CC(OC)(OC)O[C@@]1(OO)c1ccccc1. The molecule has 114 valence electrons. The summed E-state index contributed by atoms with van der Waals surface area (Å²) >= 11 is 0. The van der Waals surface area contributed by atoms with Gasteiger partial charge in [-0.25, -0.2) is 10.1 Å². The Labute approximate surface area is 121 Å². The lowest BCUT2D eigenvalue weighted by molar-refractivity contribution is -0.461. The normalized spacial score (nSPS) is 23.7. The summed E-state index contributed by atoms with van der Waals surface area (Å²) in [6, 6.07) is 8.41. The Balaban J connectivity index is 2.59. The standard InChI is InChI=1S/C14H16O7/c1-17-12(15)11-9-13(18-2,19-3)20-14(11,21-16)10-7-5-4-6-8-10/h4-9,16H,1-3H3/t14-/m1/s1. The molecule has 0 amide bonds. The minimum absolute atomic E-state index is 0.0950. The number of esters is 1. The predicted octanol–water partition coefficient (Wildman–Crippen LogP) is 1.41. The van der Waals surface area contributed by atoms with Gasteiger partial charge in [0.2, 0.25) is 0 Å². The summed E-state index contributed by atoms with van der Waals surface area (Å²) in [6.45, 7) is 0. The van der Waals surface area contributed by atoms with Gasteiger partial charge < -0.3 is 14.2 Å². The van der Waals surface area contributed by atoms with E-state index in [1.54, 1.807) is 30.3 Å². The molecule has 1 N–H and O–H groups in total. The van der Waals surface area contributed by atoms with Gasteiger partial charge in [0, 0.05) is 25.9 Å². The molecular weight excluding hydrogens is 280 g/mol. The second-order valence-electron chi connectivity index (χ2n) is 4.24. The molecule has 0 fully saturated rings. The smallest absolute Gasteiger partial charge is 0.339 e. The summed E-state index contributed by atoms with van der Waals surface area (Å²) in [5, 5.41) is 9.42.